The molecule has 0 radical (unpaired) electrons. The van der Waals surface area contributed by atoms with E-state index in [4.69, 9.17) is 28.3 Å². The third-order valence-corrected chi connectivity index (χ3v) is 2.00. The zero-order chi connectivity index (χ0) is 8.27. The van der Waals surface area contributed by atoms with Crippen LogP contribution in [-0.4, -0.2) is 11.7 Å². The average Bonchev–Trinajstić information content (AvgIpc) is 2.03. The molecule has 1 aromatic carbocycles. The van der Waals surface area contributed by atoms with Crippen LogP contribution in [0.3, 0.4) is 0 Å². The Kier molecular flexibility index (Phi) is 3.18. The highest BCUT2D eigenvalue weighted by atomic mass is 35.5. The Labute approximate surface area is 75.6 Å². The summed E-state index contributed by atoms with van der Waals surface area (Å²) >= 11 is 11.5. The highest BCUT2D eigenvalue weighted by molar-refractivity contribution is 6.30. The minimum absolute atomic E-state index is 0.0676. The Bertz CT molecular complexity index is 237. The van der Waals surface area contributed by atoms with Gasteiger partial charge in [-0.1, -0.05) is 23.7 Å². The first-order valence-corrected chi connectivity index (χ1v) is 4.06. The average molecular weight is 191 g/mol. The van der Waals surface area contributed by atoms with Gasteiger partial charge < -0.3 is 5.11 Å². The van der Waals surface area contributed by atoms with Gasteiger partial charge in [0.1, 0.15) is 0 Å². The molecular weight excluding hydrogens is 183 g/mol. The molecule has 0 bridgehead atoms. The second kappa shape index (κ2) is 3.96. The second-order valence-electron chi connectivity index (χ2n) is 2.21. The molecule has 11 heavy (non-hydrogen) atoms. The first-order chi connectivity index (χ1) is 5.24. The molecule has 0 heterocycles. The topological polar surface area (TPSA) is 20.2 Å². The minimum atomic E-state index is -0.353. The first-order valence-electron chi connectivity index (χ1n) is 3.24. The number of aliphatic hydroxyl groups is 1. The molecule has 1 nitrogen and oxygen atoms in total. The lowest BCUT2D eigenvalue weighted by molar-refractivity contribution is 0.294. The first kappa shape index (κ1) is 8.85. The molecule has 0 aliphatic heterocycles. The molecule has 0 aliphatic rings. The van der Waals surface area contributed by atoms with E-state index in [1.54, 1.807) is 12.1 Å². The Morgan fingerprint density at radius 1 is 1.45 bits per heavy atom. The van der Waals surface area contributed by atoms with Crippen molar-refractivity contribution in [2.75, 3.05) is 6.61 Å². The van der Waals surface area contributed by atoms with Crippen molar-refractivity contribution in [2.24, 2.45) is 0 Å². The van der Waals surface area contributed by atoms with Crippen LogP contribution in [-0.2, 0) is 0 Å². The van der Waals surface area contributed by atoms with Crippen LogP contribution in [0.15, 0.2) is 24.3 Å². The summed E-state index contributed by atoms with van der Waals surface area (Å²) in [5, 5.41) is 8.99. The fraction of sp³-hybridized carbons (Fsp3) is 0.250. The van der Waals surface area contributed by atoms with Crippen molar-refractivity contribution in [2.45, 2.75) is 5.38 Å². The van der Waals surface area contributed by atoms with Crippen molar-refractivity contribution in [1.29, 1.82) is 0 Å². The predicted octanol–water partition coefficient (Wildman–Crippen LogP) is 2.61. The van der Waals surface area contributed by atoms with Gasteiger partial charge in [0.25, 0.3) is 0 Å². The summed E-state index contributed by atoms with van der Waals surface area (Å²) in [6, 6.07) is 7.16. The third-order valence-electron chi connectivity index (χ3n) is 1.37. The summed E-state index contributed by atoms with van der Waals surface area (Å²) in [4.78, 5) is 0. The van der Waals surface area contributed by atoms with Gasteiger partial charge in [-0.15, -0.1) is 11.6 Å². The van der Waals surface area contributed by atoms with Gasteiger partial charge in [0, 0.05) is 5.02 Å². The van der Waals surface area contributed by atoms with Crippen molar-refractivity contribution >= 4 is 23.2 Å². The molecule has 1 N–H and O–H groups in total. The molecule has 1 rings (SSSR count). The fourth-order valence-corrected chi connectivity index (χ4v) is 1.14. The van der Waals surface area contributed by atoms with Crippen LogP contribution < -0.4 is 0 Å². The largest absolute Gasteiger partial charge is 0.394 e. The summed E-state index contributed by atoms with van der Waals surface area (Å²) in [6.45, 7) is -0.0676. The number of benzene rings is 1. The predicted molar refractivity (Wildman–Crippen MR) is 47.1 cm³/mol. The highest BCUT2D eigenvalue weighted by Gasteiger charge is 2.04. The number of hydrogen-bond acceptors (Lipinski definition) is 1. The Morgan fingerprint density at radius 3 is 2.73 bits per heavy atom. The molecule has 0 aromatic heterocycles. The SMILES string of the molecule is OC[C@H](Cl)c1cccc(Cl)c1. The molecule has 0 spiro atoms. The molecule has 0 saturated heterocycles. The fourth-order valence-electron chi connectivity index (χ4n) is 0.807. The van der Waals surface area contributed by atoms with Gasteiger partial charge in [-0.2, -0.15) is 0 Å². The van der Waals surface area contributed by atoms with Crippen molar-refractivity contribution in [3.8, 4) is 0 Å². The summed E-state index contributed by atoms with van der Waals surface area (Å²) in [5.74, 6) is 0. The van der Waals surface area contributed by atoms with Crippen LogP contribution in [0.5, 0.6) is 0 Å². The zero-order valence-corrected chi connectivity index (χ0v) is 7.31. The van der Waals surface area contributed by atoms with Gasteiger partial charge in [-0.05, 0) is 17.7 Å². The van der Waals surface area contributed by atoms with E-state index in [2.05, 4.69) is 0 Å². The molecule has 0 saturated carbocycles. The van der Waals surface area contributed by atoms with E-state index in [1.807, 2.05) is 12.1 Å². The second-order valence-corrected chi connectivity index (χ2v) is 3.17. The normalized spacial score (nSPS) is 13.0. The van der Waals surface area contributed by atoms with Gasteiger partial charge >= 0.3 is 0 Å². The minimum Gasteiger partial charge on any atom is -0.394 e. The van der Waals surface area contributed by atoms with Gasteiger partial charge in [0.15, 0.2) is 0 Å². The number of halogens is 2. The van der Waals surface area contributed by atoms with E-state index in [1.165, 1.54) is 0 Å². The zero-order valence-electron chi connectivity index (χ0n) is 5.80. The maximum atomic E-state index is 8.70. The number of aliphatic hydroxyl groups excluding tert-OH is 1. The van der Waals surface area contributed by atoms with Crippen LogP contribution in [0.2, 0.25) is 5.02 Å². The number of hydrogen-bond donors (Lipinski definition) is 1. The number of alkyl halides is 1. The maximum absolute atomic E-state index is 8.70. The van der Waals surface area contributed by atoms with E-state index in [-0.39, 0.29) is 12.0 Å². The smallest absolute Gasteiger partial charge is 0.0816 e. The lowest BCUT2D eigenvalue weighted by Gasteiger charge is -2.05. The number of rotatable bonds is 2. The van der Waals surface area contributed by atoms with Crippen molar-refractivity contribution in [1.82, 2.24) is 0 Å². The molecule has 60 valence electrons. The van der Waals surface area contributed by atoms with Crippen LogP contribution in [0, 0.1) is 0 Å². The maximum Gasteiger partial charge on any atom is 0.0816 e. The molecular formula is C8H8Cl2O. The standard InChI is InChI=1S/C8H8Cl2O/c9-7-3-1-2-6(4-7)8(10)5-11/h1-4,8,11H,5H2/t8-/m0/s1. The van der Waals surface area contributed by atoms with Crippen LogP contribution in [0.1, 0.15) is 10.9 Å². The van der Waals surface area contributed by atoms with Crippen LogP contribution in [0.4, 0.5) is 0 Å². The summed E-state index contributed by atoms with van der Waals surface area (Å²) in [5.41, 5.74) is 0.849. The Balaban J connectivity index is 2.86. The molecule has 0 fully saturated rings. The van der Waals surface area contributed by atoms with Crippen molar-refractivity contribution < 1.29 is 5.11 Å². The van der Waals surface area contributed by atoms with Crippen molar-refractivity contribution in [3.63, 3.8) is 0 Å². The summed E-state index contributed by atoms with van der Waals surface area (Å²) in [7, 11) is 0. The van der Waals surface area contributed by atoms with Crippen LogP contribution >= 0.6 is 23.2 Å². The summed E-state index contributed by atoms with van der Waals surface area (Å²) in [6.07, 6.45) is 0. The van der Waals surface area contributed by atoms with Gasteiger partial charge in [-0.3, -0.25) is 0 Å². The van der Waals surface area contributed by atoms with Gasteiger partial charge in [-0.25, -0.2) is 0 Å². The van der Waals surface area contributed by atoms with Crippen LogP contribution in [0.25, 0.3) is 0 Å². The molecule has 0 aliphatic carbocycles. The lowest BCUT2D eigenvalue weighted by Crippen LogP contribution is -1.94. The van der Waals surface area contributed by atoms with Crippen molar-refractivity contribution in [3.05, 3.63) is 34.9 Å². The van der Waals surface area contributed by atoms with E-state index in [9.17, 15) is 0 Å². The van der Waals surface area contributed by atoms with E-state index in [0.717, 1.165) is 5.56 Å². The van der Waals surface area contributed by atoms with Gasteiger partial charge in [0.05, 0.1) is 12.0 Å². The molecule has 0 unspecified atom stereocenters. The Hall–Kier alpha value is -0.240. The lowest BCUT2D eigenvalue weighted by atomic mass is 10.2. The van der Waals surface area contributed by atoms with E-state index < -0.39 is 0 Å². The van der Waals surface area contributed by atoms with E-state index in [0.29, 0.717) is 5.02 Å². The Morgan fingerprint density at radius 2 is 2.18 bits per heavy atom. The highest BCUT2D eigenvalue weighted by Crippen LogP contribution is 2.22. The van der Waals surface area contributed by atoms with Gasteiger partial charge in [0.2, 0.25) is 0 Å². The molecule has 0 amide bonds. The third kappa shape index (κ3) is 2.37. The molecule has 3 heteroatoms. The monoisotopic (exact) mass is 190 g/mol. The molecule has 1 atom stereocenters. The quantitative estimate of drug-likeness (QED) is 0.712. The van der Waals surface area contributed by atoms with E-state index >= 15 is 0 Å². The molecule has 1 aromatic rings. The summed E-state index contributed by atoms with van der Waals surface area (Å²) < 4.78 is 0.